The van der Waals surface area contributed by atoms with Crippen LogP contribution in [0.1, 0.15) is 36.6 Å². The molecule has 0 fully saturated rings. The number of aryl methyl sites for hydroxylation is 1. The monoisotopic (exact) mass is 724 g/mol. The first-order valence-corrected chi connectivity index (χ1v) is 16.8. The Hall–Kier alpha value is -7.07. The molecule has 3 N–H and O–H groups in total. The van der Waals surface area contributed by atoms with Crippen molar-refractivity contribution in [3.8, 4) is 45.3 Å². The first kappa shape index (κ1) is 38.2. The van der Waals surface area contributed by atoms with Gasteiger partial charge in [0.1, 0.15) is 0 Å². The predicted octanol–water partition coefficient (Wildman–Crippen LogP) is 9.25. The van der Waals surface area contributed by atoms with Crippen molar-refractivity contribution in [2.75, 3.05) is 39.1 Å². The third-order valence-electron chi connectivity index (χ3n) is 8.49. The lowest BCUT2D eigenvalue weighted by atomic mass is 10.0. The van der Waals surface area contributed by atoms with Gasteiger partial charge in [-0.1, -0.05) is 66.7 Å². The quantitative estimate of drug-likeness (QED) is 0.121. The van der Waals surface area contributed by atoms with Crippen molar-refractivity contribution in [1.29, 1.82) is 0 Å². The number of carbonyl (C=O) groups excluding carboxylic acids is 2. The summed E-state index contributed by atoms with van der Waals surface area (Å²) in [4.78, 5) is 36.5. The van der Waals surface area contributed by atoms with E-state index < -0.39 is 5.97 Å². The zero-order chi connectivity index (χ0) is 38.6. The summed E-state index contributed by atoms with van der Waals surface area (Å²) in [5.74, 6) is 0.859. The summed E-state index contributed by atoms with van der Waals surface area (Å²) in [6.07, 6.45) is 0. The van der Waals surface area contributed by atoms with Crippen LogP contribution in [-0.2, 0) is 0 Å². The maximum atomic E-state index is 12.5. The van der Waals surface area contributed by atoms with E-state index in [-0.39, 0.29) is 23.1 Å². The van der Waals surface area contributed by atoms with Crippen LogP contribution >= 0.6 is 0 Å². The fourth-order valence-electron chi connectivity index (χ4n) is 5.55. The van der Waals surface area contributed by atoms with Gasteiger partial charge in [-0.25, -0.2) is 4.79 Å². The van der Waals surface area contributed by atoms with E-state index in [1.165, 1.54) is 6.07 Å². The van der Waals surface area contributed by atoms with Gasteiger partial charge in [-0.3, -0.25) is 9.59 Å². The summed E-state index contributed by atoms with van der Waals surface area (Å²) >= 11 is 0. The number of hydrogen-bond donors (Lipinski definition) is 3. The van der Waals surface area contributed by atoms with Crippen LogP contribution in [0, 0.1) is 6.92 Å². The Morgan fingerprint density at radius 2 is 0.852 bits per heavy atom. The number of hydrogen-bond acceptors (Lipinski definition) is 7. The molecule has 0 saturated carbocycles. The fraction of sp³-hybridized carbons (Fsp3) is 0.114. The van der Waals surface area contributed by atoms with Crippen molar-refractivity contribution in [2.24, 2.45) is 0 Å². The van der Waals surface area contributed by atoms with E-state index in [1.54, 1.807) is 95.2 Å². The Morgan fingerprint density at radius 3 is 1.30 bits per heavy atom. The second-order valence-electron chi connectivity index (χ2n) is 11.9. The van der Waals surface area contributed by atoms with Crippen molar-refractivity contribution in [2.45, 2.75) is 6.92 Å². The van der Waals surface area contributed by atoms with E-state index >= 15 is 0 Å². The van der Waals surface area contributed by atoms with Gasteiger partial charge in [-0.05, 0) is 101 Å². The molecule has 6 aromatic rings. The molecule has 10 heteroatoms. The lowest BCUT2D eigenvalue weighted by Crippen LogP contribution is -2.14. The molecular weight excluding hydrogens is 684 g/mol. The van der Waals surface area contributed by atoms with Crippen LogP contribution in [0.3, 0.4) is 0 Å². The van der Waals surface area contributed by atoms with E-state index in [9.17, 15) is 19.5 Å². The first-order chi connectivity index (χ1) is 26.1. The van der Waals surface area contributed by atoms with Gasteiger partial charge >= 0.3 is 5.97 Å². The summed E-state index contributed by atoms with van der Waals surface area (Å²) < 4.78 is 21.2. The highest BCUT2D eigenvalue weighted by molar-refractivity contribution is 6.08. The first-order valence-electron chi connectivity index (χ1n) is 16.8. The number of rotatable bonds is 11. The Bertz CT molecular complexity index is 2260. The molecule has 0 aliphatic heterocycles. The van der Waals surface area contributed by atoms with Gasteiger partial charge in [0.15, 0.2) is 23.0 Å². The van der Waals surface area contributed by atoms with Crippen molar-refractivity contribution in [3.63, 3.8) is 0 Å². The number of carboxylic acid groups (broad SMARTS) is 1. The Labute approximate surface area is 313 Å². The molecule has 0 saturated heterocycles. The van der Waals surface area contributed by atoms with Crippen molar-refractivity contribution < 1.29 is 38.4 Å². The lowest BCUT2D eigenvalue weighted by Gasteiger charge is -2.13. The molecular formula is C44H40N2O8. The number of benzene rings is 6. The Kier molecular flexibility index (Phi) is 12.7. The third kappa shape index (κ3) is 9.23. The summed E-state index contributed by atoms with van der Waals surface area (Å²) in [7, 11) is 6.32. The minimum atomic E-state index is -1.12. The van der Waals surface area contributed by atoms with Crippen LogP contribution in [-0.4, -0.2) is 51.3 Å². The zero-order valence-electron chi connectivity index (χ0n) is 30.5. The molecule has 0 atom stereocenters. The number of ether oxygens (including phenoxy) is 4. The highest BCUT2D eigenvalue weighted by Gasteiger charge is 2.16. The smallest absolute Gasteiger partial charge is 0.337 e. The number of aromatic carboxylic acids is 1. The highest BCUT2D eigenvalue weighted by Crippen LogP contribution is 2.35. The summed E-state index contributed by atoms with van der Waals surface area (Å²) in [5, 5.41) is 15.2. The maximum Gasteiger partial charge on any atom is 0.337 e. The van der Waals surface area contributed by atoms with Gasteiger partial charge in [0, 0.05) is 16.8 Å². The predicted molar refractivity (Wildman–Crippen MR) is 210 cm³/mol. The SMILES string of the molecule is COc1ccc(-c2ccc(C(=O)O)c(NC(=O)c3ccccc3)c2)cc1OC.COc1ccc(-c2ccc(C)c(NC(=O)c3ccccc3)c2)cc1OC. The highest BCUT2D eigenvalue weighted by atomic mass is 16.5. The van der Waals surface area contributed by atoms with E-state index in [4.69, 9.17) is 18.9 Å². The molecule has 6 rings (SSSR count). The maximum absolute atomic E-state index is 12.5. The number of anilines is 2. The third-order valence-corrected chi connectivity index (χ3v) is 8.49. The average Bonchev–Trinajstić information content (AvgIpc) is 3.21. The molecule has 0 aromatic heterocycles. The van der Waals surface area contributed by atoms with E-state index in [0.717, 1.165) is 33.5 Å². The molecule has 0 bridgehead atoms. The largest absolute Gasteiger partial charge is 0.493 e. The van der Waals surface area contributed by atoms with Crippen LogP contribution in [0.4, 0.5) is 11.4 Å². The normalized spacial score (nSPS) is 10.2. The van der Waals surface area contributed by atoms with Crippen LogP contribution in [0.2, 0.25) is 0 Å². The summed E-state index contributed by atoms with van der Waals surface area (Å²) in [5.41, 5.74) is 6.57. The molecule has 0 radical (unpaired) electrons. The minimum absolute atomic E-state index is 0.00788. The second kappa shape index (κ2) is 17.9. The topological polar surface area (TPSA) is 132 Å². The molecule has 0 aliphatic rings. The number of carboxylic acids is 1. The van der Waals surface area contributed by atoms with Gasteiger partial charge in [0.2, 0.25) is 0 Å². The number of amides is 2. The van der Waals surface area contributed by atoms with Gasteiger partial charge < -0.3 is 34.7 Å². The standard InChI is InChI=1S/C22H19NO5.C22H21NO3/c1-27-19-11-9-16(13-20(19)28-2)15-8-10-17(22(25)26)18(12-15)23-21(24)14-6-4-3-5-7-14;1-15-9-10-17(18-11-12-20(25-2)21(14-18)26-3)13-19(15)23-22(24)16-7-5-4-6-8-16/h3-13H,1-2H3,(H,23,24)(H,25,26);4-14H,1-3H3,(H,23,24). The summed E-state index contributed by atoms with van der Waals surface area (Å²) in [6, 6.07) is 39.7. The van der Waals surface area contributed by atoms with Crippen molar-refractivity contribution in [1.82, 2.24) is 0 Å². The van der Waals surface area contributed by atoms with E-state index in [0.29, 0.717) is 34.1 Å². The molecule has 0 aliphatic carbocycles. The van der Waals surface area contributed by atoms with Crippen LogP contribution in [0.15, 0.2) is 133 Å². The van der Waals surface area contributed by atoms with Crippen LogP contribution < -0.4 is 29.6 Å². The van der Waals surface area contributed by atoms with E-state index in [2.05, 4.69) is 10.6 Å². The summed E-state index contributed by atoms with van der Waals surface area (Å²) in [6.45, 7) is 1.97. The van der Waals surface area contributed by atoms with Crippen molar-refractivity contribution >= 4 is 29.2 Å². The molecule has 0 heterocycles. The minimum Gasteiger partial charge on any atom is -0.493 e. The number of carbonyl (C=O) groups is 3. The van der Waals surface area contributed by atoms with Crippen LogP contribution in [0.5, 0.6) is 23.0 Å². The number of methoxy groups -OCH3 is 4. The van der Waals surface area contributed by atoms with Crippen molar-refractivity contribution in [3.05, 3.63) is 156 Å². The molecule has 0 unspecified atom stereocenters. The van der Waals surface area contributed by atoms with Gasteiger partial charge in [0.25, 0.3) is 11.8 Å². The van der Waals surface area contributed by atoms with Crippen LogP contribution in [0.25, 0.3) is 22.3 Å². The molecule has 274 valence electrons. The Balaban J connectivity index is 0.000000208. The molecule has 2 amide bonds. The molecule has 0 spiro atoms. The van der Waals surface area contributed by atoms with Gasteiger partial charge in [-0.2, -0.15) is 0 Å². The average molecular weight is 725 g/mol. The van der Waals surface area contributed by atoms with E-state index in [1.807, 2.05) is 67.6 Å². The van der Waals surface area contributed by atoms with Gasteiger partial charge in [-0.15, -0.1) is 0 Å². The lowest BCUT2D eigenvalue weighted by molar-refractivity contribution is 0.0697. The molecule has 54 heavy (non-hydrogen) atoms. The van der Waals surface area contributed by atoms with Gasteiger partial charge in [0.05, 0.1) is 39.7 Å². The number of nitrogens with one attached hydrogen (secondary N) is 2. The fourth-order valence-corrected chi connectivity index (χ4v) is 5.55. The molecule has 10 nitrogen and oxygen atoms in total. The Morgan fingerprint density at radius 1 is 0.463 bits per heavy atom. The zero-order valence-corrected chi connectivity index (χ0v) is 30.5. The second-order valence-corrected chi connectivity index (χ2v) is 11.9. The molecule has 6 aromatic carbocycles.